The van der Waals surface area contributed by atoms with Gasteiger partial charge in [-0.05, 0) is 25.0 Å². The molecule has 0 aliphatic heterocycles. The zero-order valence-electron chi connectivity index (χ0n) is 18.5. The van der Waals surface area contributed by atoms with Crippen LogP contribution in [0.5, 0.6) is 0 Å². The van der Waals surface area contributed by atoms with Gasteiger partial charge in [-0.25, -0.2) is 15.0 Å². The molecule has 0 bridgehead atoms. The van der Waals surface area contributed by atoms with Gasteiger partial charge in [0.2, 0.25) is 0 Å². The Labute approximate surface area is 198 Å². The highest BCUT2D eigenvalue weighted by atomic mass is 35.5. The van der Waals surface area contributed by atoms with Gasteiger partial charge in [-0.1, -0.05) is 96.5 Å². The third-order valence-corrected chi connectivity index (χ3v) is 5.97. The van der Waals surface area contributed by atoms with Crippen molar-refractivity contribution in [2.75, 3.05) is 0 Å². The van der Waals surface area contributed by atoms with E-state index in [-0.39, 0.29) is 0 Å². The van der Waals surface area contributed by atoms with Crippen molar-refractivity contribution in [1.29, 1.82) is 0 Å². The number of benzene rings is 3. The van der Waals surface area contributed by atoms with Crippen molar-refractivity contribution in [2.24, 2.45) is 4.99 Å². The summed E-state index contributed by atoms with van der Waals surface area (Å²) in [7, 11) is 0. The van der Waals surface area contributed by atoms with E-state index in [2.05, 4.69) is 65.0 Å². The molecule has 3 aromatic carbocycles. The van der Waals surface area contributed by atoms with Crippen LogP contribution in [0.25, 0.3) is 11.0 Å². The highest BCUT2D eigenvalue weighted by Gasteiger charge is 2.16. The first-order chi connectivity index (χ1) is 16.1. The third-order valence-electron chi connectivity index (χ3n) is 5.78. The summed E-state index contributed by atoms with van der Waals surface area (Å²) in [5.74, 6) is 1.42. The molecule has 0 amide bonds. The molecule has 0 N–H and O–H groups in total. The zero-order chi connectivity index (χ0) is 22.8. The normalized spacial score (nSPS) is 11.0. The van der Waals surface area contributed by atoms with Gasteiger partial charge in [0, 0.05) is 23.7 Å². The first-order valence-corrected chi connectivity index (χ1v) is 11.3. The van der Waals surface area contributed by atoms with Crippen molar-refractivity contribution in [2.45, 2.75) is 20.4 Å². The van der Waals surface area contributed by atoms with E-state index in [1.165, 1.54) is 11.1 Å². The molecule has 5 aromatic rings. The van der Waals surface area contributed by atoms with Gasteiger partial charge in [-0.2, -0.15) is 0 Å². The Hall–Kier alpha value is -3.76. The number of imidazole rings is 1. The zero-order valence-corrected chi connectivity index (χ0v) is 19.3. The molecular formula is C28H23ClN4. The lowest BCUT2D eigenvalue weighted by Crippen LogP contribution is -2.04. The summed E-state index contributed by atoms with van der Waals surface area (Å²) in [5, 5.41) is 0.396. The van der Waals surface area contributed by atoms with Gasteiger partial charge in [0.05, 0.1) is 11.2 Å². The van der Waals surface area contributed by atoms with Gasteiger partial charge >= 0.3 is 0 Å². The molecule has 0 atom stereocenters. The van der Waals surface area contributed by atoms with Crippen molar-refractivity contribution in [3.05, 3.63) is 124 Å². The van der Waals surface area contributed by atoms with Crippen LogP contribution in [0.15, 0.2) is 96.0 Å². The number of aromatic nitrogens is 3. The van der Waals surface area contributed by atoms with E-state index in [4.69, 9.17) is 21.6 Å². The summed E-state index contributed by atoms with van der Waals surface area (Å²) in [6.45, 7) is 4.84. The molecule has 2 aromatic heterocycles. The molecule has 0 spiro atoms. The van der Waals surface area contributed by atoms with Crippen LogP contribution in [0.2, 0.25) is 5.15 Å². The second-order valence-corrected chi connectivity index (χ2v) is 8.39. The number of pyridine rings is 1. The number of fused-ring (bicyclic) bond motifs is 1. The molecule has 5 rings (SSSR count). The van der Waals surface area contributed by atoms with Crippen LogP contribution in [-0.4, -0.2) is 20.2 Å². The molecular weight excluding hydrogens is 428 g/mol. The van der Waals surface area contributed by atoms with Gasteiger partial charge in [0.25, 0.3) is 0 Å². The molecule has 0 radical (unpaired) electrons. The van der Waals surface area contributed by atoms with E-state index < -0.39 is 0 Å². The molecule has 0 unspecified atom stereocenters. The Morgan fingerprint density at radius 1 is 0.818 bits per heavy atom. The minimum Gasteiger partial charge on any atom is -0.324 e. The minimum atomic E-state index is 0.396. The lowest BCUT2D eigenvalue weighted by atomic mass is 10.0. The minimum absolute atomic E-state index is 0.396. The van der Waals surface area contributed by atoms with E-state index in [0.717, 1.165) is 33.7 Å². The Bertz CT molecular complexity index is 1410. The van der Waals surface area contributed by atoms with E-state index >= 15 is 0 Å². The Morgan fingerprint density at radius 2 is 1.42 bits per heavy atom. The summed E-state index contributed by atoms with van der Waals surface area (Å²) < 4.78 is 2.18. The smallest absolute Gasteiger partial charge is 0.182 e. The van der Waals surface area contributed by atoms with Crippen LogP contribution in [0.3, 0.4) is 0 Å². The summed E-state index contributed by atoms with van der Waals surface area (Å²) >= 11 is 6.49. The Morgan fingerprint density at radius 3 is 2.06 bits per heavy atom. The number of nitrogens with zero attached hydrogens (tertiary/aromatic N) is 4. The molecule has 33 heavy (non-hydrogen) atoms. The average Bonchev–Trinajstić information content (AvgIpc) is 3.15. The molecule has 0 aliphatic carbocycles. The van der Waals surface area contributed by atoms with Crippen LogP contribution in [0.1, 0.15) is 28.1 Å². The molecule has 5 heteroatoms. The standard InChI is InChI=1S/C28H23ClN4/c1-19-11-9-10-16-23(19)18-33-20(2)30-27-24(33)17-25(29)31-28(27)32-26(21-12-5-3-6-13-21)22-14-7-4-8-15-22/h3-17H,18H2,1-2H3. The maximum absolute atomic E-state index is 6.49. The Kier molecular flexibility index (Phi) is 5.76. The van der Waals surface area contributed by atoms with Crippen molar-refractivity contribution >= 4 is 34.2 Å². The number of hydrogen-bond acceptors (Lipinski definition) is 3. The molecule has 162 valence electrons. The van der Waals surface area contributed by atoms with Gasteiger partial charge in [0.1, 0.15) is 16.5 Å². The number of aliphatic imine (C=N–C) groups is 1. The predicted octanol–water partition coefficient (Wildman–Crippen LogP) is 6.92. The van der Waals surface area contributed by atoms with Gasteiger partial charge in [0.15, 0.2) is 5.82 Å². The largest absolute Gasteiger partial charge is 0.324 e. The first kappa shape index (κ1) is 21.1. The lowest BCUT2D eigenvalue weighted by molar-refractivity contribution is 0.781. The van der Waals surface area contributed by atoms with E-state index in [9.17, 15) is 0 Å². The summed E-state index contributed by atoms with van der Waals surface area (Å²) in [4.78, 5) is 14.4. The van der Waals surface area contributed by atoms with Crippen molar-refractivity contribution in [3.8, 4) is 0 Å². The van der Waals surface area contributed by atoms with Crippen LogP contribution < -0.4 is 0 Å². The van der Waals surface area contributed by atoms with Crippen molar-refractivity contribution < 1.29 is 0 Å². The highest BCUT2D eigenvalue weighted by molar-refractivity contribution is 6.30. The average molecular weight is 451 g/mol. The molecule has 0 aliphatic rings. The fourth-order valence-electron chi connectivity index (χ4n) is 4.02. The van der Waals surface area contributed by atoms with E-state index in [0.29, 0.717) is 17.5 Å². The number of hydrogen-bond donors (Lipinski definition) is 0. The maximum Gasteiger partial charge on any atom is 0.182 e. The van der Waals surface area contributed by atoms with Crippen LogP contribution in [0, 0.1) is 13.8 Å². The second kappa shape index (κ2) is 9.00. The SMILES string of the molecule is Cc1ccccc1Cn1c(C)nc2c(N=C(c3ccccc3)c3ccccc3)nc(Cl)cc21. The lowest BCUT2D eigenvalue weighted by Gasteiger charge is -2.10. The summed E-state index contributed by atoms with van der Waals surface area (Å²) in [6.07, 6.45) is 0. The monoisotopic (exact) mass is 450 g/mol. The number of halogens is 1. The summed E-state index contributed by atoms with van der Waals surface area (Å²) in [6, 6.07) is 30.5. The van der Waals surface area contributed by atoms with Crippen LogP contribution in [-0.2, 0) is 6.54 Å². The maximum atomic E-state index is 6.49. The second-order valence-electron chi connectivity index (χ2n) is 8.00. The number of aryl methyl sites for hydroxylation is 2. The quantitative estimate of drug-likeness (QED) is 0.215. The van der Waals surface area contributed by atoms with E-state index in [1.807, 2.05) is 49.4 Å². The van der Waals surface area contributed by atoms with Crippen molar-refractivity contribution in [1.82, 2.24) is 14.5 Å². The Balaban J connectivity index is 1.69. The van der Waals surface area contributed by atoms with Crippen molar-refractivity contribution in [3.63, 3.8) is 0 Å². The predicted molar refractivity (Wildman–Crippen MR) is 136 cm³/mol. The van der Waals surface area contributed by atoms with E-state index in [1.54, 1.807) is 0 Å². The van der Waals surface area contributed by atoms with Crippen LogP contribution in [0.4, 0.5) is 5.82 Å². The van der Waals surface area contributed by atoms with Gasteiger partial charge in [-0.15, -0.1) is 0 Å². The molecule has 2 heterocycles. The first-order valence-electron chi connectivity index (χ1n) is 10.9. The fourth-order valence-corrected chi connectivity index (χ4v) is 4.20. The topological polar surface area (TPSA) is 43.1 Å². The molecule has 4 nitrogen and oxygen atoms in total. The number of rotatable bonds is 5. The fraction of sp³-hybridized carbons (Fsp3) is 0.107. The van der Waals surface area contributed by atoms with Gasteiger partial charge < -0.3 is 4.57 Å². The molecule has 0 fully saturated rings. The van der Waals surface area contributed by atoms with Gasteiger partial charge in [-0.3, -0.25) is 0 Å². The molecule has 0 saturated carbocycles. The highest BCUT2D eigenvalue weighted by Crippen LogP contribution is 2.30. The van der Waals surface area contributed by atoms with Crippen LogP contribution >= 0.6 is 11.6 Å². The molecule has 0 saturated heterocycles. The third kappa shape index (κ3) is 4.30. The summed E-state index contributed by atoms with van der Waals surface area (Å²) in [5.41, 5.74) is 7.01.